The Morgan fingerprint density at radius 1 is 1.00 bits per heavy atom. The maximum absolute atomic E-state index is 13.1. The zero-order chi connectivity index (χ0) is 29.6. The first-order valence-electron chi connectivity index (χ1n) is 15.0. The molecule has 2 amide bonds. The lowest BCUT2D eigenvalue weighted by molar-refractivity contribution is 0.0202. The standard InChI is InChI=1S/C31H48N4O5Si/c1-31(2,3)40-30(37)34-16-10-13-26(34)28-32-21-27(35(28)23-38-19-20-41(4,5)6)25-14-17-33(18-15-25)29(36)39-22-24-11-8-7-9-12-24/h7-9,11-12,21,25-26H,10,13-20,22-23H2,1-6H3/t26-/m0/s1. The Bertz CT molecular complexity index is 1150. The van der Waals surface area contributed by atoms with Gasteiger partial charge in [-0.1, -0.05) is 50.0 Å². The minimum atomic E-state index is -1.23. The number of benzene rings is 1. The summed E-state index contributed by atoms with van der Waals surface area (Å²) < 4.78 is 19.7. The largest absolute Gasteiger partial charge is 0.445 e. The number of carbonyl (C=O) groups is 2. The number of hydrogen-bond acceptors (Lipinski definition) is 6. The molecule has 2 aliphatic heterocycles. The van der Waals surface area contributed by atoms with Crippen LogP contribution >= 0.6 is 0 Å². The van der Waals surface area contributed by atoms with Crippen LogP contribution in [0.1, 0.15) is 75.5 Å². The van der Waals surface area contributed by atoms with Gasteiger partial charge < -0.3 is 23.7 Å². The van der Waals surface area contributed by atoms with Crippen LogP contribution in [0.25, 0.3) is 0 Å². The molecule has 2 aliphatic rings. The summed E-state index contributed by atoms with van der Waals surface area (Å²) >= 11 is 0. The van der Waals surface area contributed by atoms with Gasteiger partial charge in [0.25, 0.3) is 0 Å². The zero-order valence-electron chi connectivity index (χ0n) is 25.7. The van der Waals surface area contributed by atoms with Gasteiger partial charge in [0.1, 0.15) is 24.8 Å². The first kappa shape index (κ1) is 31.1. The molecule has 0 saturated carbocycles. The van der Waals surface area contributed by atoms with Crippen molar-refractivity contribution in [3.05, 3.63) is 53.6 Å². The summed E-state index contributed by atoms with van der Waals surface area (Å²) in [6.45, 7) is 16.0. The van der Waals surface area contributed by atoms with Crippen LogP contribution in [0.5, 0.6) is 0 Å². The number of rotatable bonds is 9. The van der Waals surface area contributed by atoms with Gasteiger partial charge in [-0.2, -0.15) is 0 Å². The van der Waals surface area contributed by atoms with Crippen LogP contribution in [0.2, 0.25) is 25.7 Å². The predicted molar refractivity (Wildman–Crippen MR) is 161 cm³/mol. The molecule has 1 aromatic heterocycles. The van der Waals surface area contributed by atoms with Crippen molar-refractivity contribution in [2.24, 2.45) is 0 Å². The molecule has 1 atom stereocenters. The summed E-state index contributed by atoms with van der Waals surface area (Å²) in [5.41, 5.74) is 1.54. The second kappa shape index (κ2) is 13.4. The molecule has 2 aromatic rings. The summed E-state index contributed by atoms with van der Waals surface area (Å²) in [4.78, 5) is 34.3. The van der Waals surface area contributed by atoms with Gasteiger partial charge in [0, 0.05) is 52.1 Å². The lowest BCUT2D eigenvalue weighted by Crippen LogP contribution is -2.39. The third-order valence-corrected chi connectivity index (χ3v) is 9.39. The number of hydrogen-bond donors (Lipinski definition) is 0. The van der Waals surface area contributed by atoms with Crippen molar-refractivity contribution in [2.45, 2.75) is 103 Å². The first-order valence-corrected chi connectivity index (χ1v) is 18.7. The van der Waals surface area contributed by atoms with Crippen LogP contribution in [0.3, 0.4) is 0 Å². The molecule has 2 fully saturated rings. The van der Waals surface area contributed by atoms with Crippen molar-refractivity contribution in [3.63, 3.8) is 0 Å². The number of aromatic nitrogens is 2. The quantitative estimate of drug-likeness (QED) is 0.238. The minimum Gasteiger partial charge on any atom is -0.445 e. The smallest absolute Gasteiger partial charge is 0.410 e. The molecule has 3 heterocycles. The summed E-state index contributed by atoms with van der Waals surface area (Å²) in [5, 5.41) is 0. The molecule has 0 bridgehead atoms. The monoisotopic (exact) mass is 584 g/mol. The summed E-state index contributed by atoms with van der Waals surface area (Å²) in [6, 6.07) is 10.7. The van der Waals surface area contributed by atoms with Gasteiger partial charge in [-0.05, 0) is 58.1 Å². The third-order valence-electron chi connectivity index (χ3n) is 7.69. The van der Waals surface area contributed by atoms with Crippen molar-refractivity contribution in [1.29, 1.82) is 0 Å². The number of nitrogens with zero attached hydrogens (tertiary/aromatic N) is 4. The Morgan fingerprint density at radius 3 is 2.37 bits per heavy atom. The topological polar surface area (TPSA) is 86.1 Å². The highest BCUT2D eigenvalue weighted by atomic mass is 28.3. The molecule has 1 aromatic carbocycles. The first-order chi connectivity index (χ1) is 19.4. The number of amides is 2. The second-order valence-corrected chi connectivity index (χ2v) is 19.1. The van der Waals surface area contributed by atoms with Crippen molar-refractivity contribution >= 4 is 20.3 Å². The van der Waals surface area contributed by atoms with Gasteiger partial charge in [-0.15, -0.1) is 0 Å². The van der Waals surface area contributed by atoms with Crippen molar-refractivity contribution in [3.8, 4) is 0 Å². The van der Waals surface area contributed by atoms with Crippen LogP contribution < -0.4 is 0 Å². The Kier molecular flexibility index (Phi) is 10.2. The Labute approximate surface area is 246 Å². The van der Waals surface area contributed by atoms with E-state index in [-0.39, 0.29) is 30.8 Å². The molecule has 2 saturated heterocycles. The van der Waals surface area contributed by atoms with Crippen molar-refractivity contribution < 1.29 is 23.8 Å². The minimum absolute atomic E-state index is 0.146. The molecule has 0 aliphatic carbocycles. The fraction of sp³-hybridized carbons (Fsp3) is 0.645. The van der Waals surface area contributed by atoms with Gasteiger partial charge >= 0.3 is 12.2 Å². The Hall–Kier alpha value is -2.85. The van der Waals surface area contributed by atoms with Gasteiger partial charge in [0.15, 0.2) is 0 Å². The highest BCUT2D eigenvalue weighted by molar-refractivity contribution is 6.76. The van der Waals surface area contributed by atoms with Gasteiger partial charge in [-0.25, -0.2) is 14.6 Å². The van der Waals surface area contributed by atoms with E-state index in [9.17, 15) is 9.59 Å². The van der Waals surface area contributed by atoms with Crippen molar-refractivity contribution in [1.82, 2.24) is 19.4 Å². The van der Waals surface area contributed by atoms with E-state index in [2.05, 4.69) is 24.2 Å². The van der Waals surface area contributed by atoms with Crippen LogP contribution in [0.4, 0.5) is 9.59 Å². The number of ether oxygens (including phenoxy) is 3. The summed E-state index contributed by atoms with van der Waals surface area (Å²) in [5.74, 6) is 1.10. The molecule has 0 unspecified atom stereocenters. The molecule has 41 heavy (non-hydrogen) atoms. The number of piperidine rings is 1. The molecular formula is C31H48N4O5Si. The lowest BCUT2D eigenvalue weighted by atomic mass is 9.94. The number of imidazole rings is 1. The Morgan fingerprint density at radius 2 is 1.71 bits per heavy atom. The van der Waals surface area contributed by atoms with E-state index in [0.717, 1.165) is 48.8 Å². The molecule has 4 rings (SSSR count). The fourth-order valence-electron chi connectivity index (χ4n) is 5.41. The zero-order valence-corrected chi connectivity index (χ0v) is 26.7. The van der Waals surface area contributed by atoms with Crippen molar-refractivity contribution in [2.75, 3.05) is 26.2 Å². The molecule has 9 nitrogen and oxygen atoms in total. The fourth-order valence-corrected chi connectivity index (χ4v) is 6.17. The Balaban J connectivity index is 1.45. The third kappa shape index (κ3) is 8.82. The maximum Gasteiger partial charge on any atom is 0.410 e. The van der Waals surface area contributed by atoms with Crippen LogP contribution in [-0.2, 0) is 27.5 Å². The SMILES string of the molecule is CC(C)(C)OC(=O)N1CCC[C@H]1c1ncc(C2CCN(C(=O)OCc3ccccc3)CC2)n1COCC[Si](C)(C)C. The summed E-state index contributed by atoms with van der Waals surface area (Å²) in [6.07, 6.45) is 4.79. The summed E-state index contributed by atoms with van der Waals surface area (Å²) in [7, 11) is -1.23. The molecule has 10 heteroatoms. The van der Waals surface area contributed by atoms with Gasteiger partial charge in [0.2, 0.25) is 0 Å². The van der Waals surface area contributed by atoms with E-state index >= 15 is 0 Å². The average Bonchev–Trinajstić information content (AvgIpc) is 3.56. The van der Waals surface area contributed by atoms with E-state index in [4.69, 9.17) is 19.2 Å². The van der Waals surface area contributed by atoms with E-state index in [1.807, 2.05) is 62.2 Å². The second-order valence-electron chi connectivity index (χ2n) is 13.5. The molecule has 0 radical (unpaired) electrons. The normalized spacial score (nSPS) is 18.5. The molecule has 0 spiro atoms. The highest BCUT2D eigenvalue weighted by Gasteiger charge is 2.37. The molecule has 226 valence electrons. The van der Waals surface area contributed by atoms with Gasteiger partial charge in [0.05, 0.1) is 6.04 Å². The van der Waals surface area contributed by atoms with E-state index in [1.165, 1.54) is 0 Å². The maximum atomic E-state index is 13.1. The highest BCUT2D eigenvalue weighted by Crippen LogP contribution is 2.36. The predicted octanol–water partition coefficient (Wildman–Crippen LogP) is 6.78. The number of likely N-dealkylation sites (tertiary alicyclic amines) is 2. The van der Waals surface area contributed by atoms with Crippen LogP contribution in [0, 0.1) is 0 Å². The van der Waals surface area contributed by atoms with E-state index in [1.54, 1.807) is 4.90 Å². The van der Waals surface area contributed by atoms with Gasteiger partial charge in [-0.3, -0.25) is 4.90 Å². The van der Waals surface area contributed by atoms with Crippen LogP contribution in [-0.4, -0.2) is 71.5 Å². The average molecular weight is 585 g/mol. The van der Waals surface area contributed by atoms with E-state index in [0.29, 0.717) is 33.0 Å². The molecule has 0 N–H and O–H groups in total. The van der Waals surface area contributed by atoms with E-state index < -0.39 is 13.7 Å². The lowest BCUT2D eigenvalue weighted by Gasteiger charge is -2.32. The van der Waals surface area contributed by atoms with Crippen LogP contribution in [0.15, 0.2) is 36.5 Å². The number of carbonyl (C=O) groups excluding carboxylic acids is 2. The molecular weight excluding hydrogens is 536 g/mol.